The standard InChI is InChI=1S/C12H15BrN4O/c1-4-17-10(12(13)8(2)15-17)7-11(18)9-5-6-14-16(9)3/h5-6H,4,7H2,1-3H3. The highest BCUT2D eigenvalue weighted by Crippen LogP contribution is 2.22. The Labute approximate surface area is 114 Å². The molecule has 0 spiro atoms. The summed E-state index contributed by atoms with van der Waals surface area (Å²) in [7, 11) is 1.77. The molecule has 0 aliphatic rings. The SMILES string of the molecule is CCn1nc(C)c(Br)c1CC(=O)c1ccnn1C. The van der Waals surface area contributed by atoms with Crippen molar-refractivity contribution in [2.24, 2.45) is 7.05 Å². The summed E-state index contributed by atoms with van der Waals surface area (Å²) in [6.07, 6.45) is 1.96. The van der Waals surface area contributed by atoms with Crippen LogP contribution in [0.25, 0.3) is 0 Å². The summed E-state index contributed by atoms with van der Waals surface area (Å²) in [4.78, 5) is 12.2. The van der Waals surface area contributed by atoms with Gasteiger partial charge in [-0.3, -0.25) is 14.2 Å². The van der Waals surface area contributed by atoms with E-state index in [0.29, 0.717) is 12.1 Å². The summed E-state index contributed by atoms with van der Waals surface area (Å²) in [6.45, 7) is 4.69. The Morgan fingerprint density at radius 3 is 2.78 bits per heavy atom. The quantitative estimate of drug-likeness (QED) is 0.813. The highest BCUT2D eigenvalue weighted by atomic mass is 79.9. The van der Waals surface area contributed by atoms with Gasteiger partial charge in [-0.1, -0.05) is 0 Å². The lowest BCUT2D eigenvalue weighted by atomic mass is 10.1. The summed E-state index contributed by atoms with van der Waals surface area (Å²) in [5.41, 5.74) is 2.44. The normalized spacial score (nSPS) is 10.9. The number of rotatable bonds is 4. The van der Waals surface area contributed by atoms with E-state index in [-0.39, 0.29) is 5.78 Å². The number of nitrogens with zero attached hydrogens (tertiary/aromatic N) is 4. The lowest BCUT2D eigenvalue weighted by molar-refractivity contribution is 0.0981. The molecule has 0 bridgehead atoms. The number of aromatic nitrogens is 4. The zero-order valence-electron chi connectivity index (χ0n) is 10.6. The summed E-state index contributed by atoms with van der Waals surface area (Å²) in [5, 5.41) is 8.39. The van der Waals surface area contributed by atoms with Crippen LogP contribution in [0.5, 0.6) is 0 Å². The van der Waals surface area contributed by atoms with Crippen molar-refractivity contribution in [3.63, 3.8) is 0 Å². The van der Waals surface area contributed by atoms with E-state index in [1.807, 2.05) is 18.5 Å². The van der Waals surface area contributed by atoms with Crippen molar-refractivity contribution in [3.8, 4) is 0 Å². The predicted octanol–water partition coefficient (Wildman–Crippen LogP) is 2.13. The molecule has 0 fully saturated rings. The molecule has 2 rings (SSSR count). The number of halogens is 1. The molecule has 0 saturated carbocycles. The third-order valence-corrected chi connectivity index (χ3v) is 3.92. The molecular weight excluding hydrogens is 296 g/mol. The van der Waals surface area contributed by atoms with Crippen molar-refractivity contribution in [1.29, 1.82) is 0 Å². The van der Waals surface area contributed by atoms with Gasteiger partial charge in [0.25, 0.3) is 0 Å². The van der Waals surface area contributed by atoms with Crippen molar-refractivity contribution >= 4 is 21.7 Å². The van der Waals surface area contributed by atoms with Crippen LogP contribution in [0.15, 0.2) is 16.7 Å². The minimum absolute atomic E-state index is 0.0466. The number of hydrogen-bond donors (Lipinski definition) is 0. The van der Waals surface area contributed by atoms with Crippen LogP contribution >= 0.6 is 15.9 Å². The van der Waals surface area contributed by atoms with Gasteiger partial charge in [0.2, 0.25) is 0 Å². The lowest BCUT2D eigenvalue weighted by Gasteiger charge is -2.05. The second-order valence-corrected chi connectivity index (χ2v) is 4.89. The van der Waals surface area contributed by atoms with Crippen LogP contribution in [-0.2, 0) is 20.0 Å². The van der Waals surface area contributed by atoms with Crippen LogP contribution in [0.1, 0.15) is 28.8 Å². The van der Waals surface area contributed by atoms with Crippen LogP contribution < -0.4 is 0 Å². The van der Waals surface area contributed by atoms with Gasteiger partial charge in [-0.15, -0.1) is 0 Å². The molecule has 0 unspecified atom stereocenters. The Bertz CT molecular complexity index is 585. The topological polar surface area (TPSA) is 52.7 Å². The molecule has 0 radical (unpaired) electrons. The first-order valence-corrected chi connectivity index (χ1v) is 6.56. The van der Waals surface area contributed by atoms with E-state index in [2.05, 4.69) is 26.1 Å². The highest BCUT2D eigenvalue weighted by molar-refractivity contribution is 9.10. The molecule has 5 nitrogen and oxygen atoms in total. The highest BCUT2D eigenvalue weighted by Gasteiger charge is 2.18. The Morgan fingerprint density at radius 2 is 2.22 bits per heavy atom. The maximum absolute atomic E-state index is 12.2. The van der Waals surface area contributed by atoms with Gasteiger partial charge in [0, 0.05) is 19.8 Å². The van der Waals surface area contributed by atoms with Gasteiger partial charge in [-0.05, 0) is 35.8 Å². The number of carbonyl (C=O) groups is 1. The first kappa shape index (κ1) is 13.0. The largest absolute Gasteiger partial charge is 0.292 e. The van der Waals surface area contributed by atoms with Crippen molar-refractivity contribution < 1.29 is 4.79 Å². The number of hydrogen-bond acceptors (Lipinski definition) is 3. The minimum atomic E-state index is 0.0466. The molecule has 0 aliphatic carbocycles. The zero-order valence-corrected chi connectivity index (χ0v) is 12.2. The Balaban J connectivity index is 2.30. The molecule has 0 aliphatic heterocycles. The van der Waals surface area contributed by atoms with Crippen molar-refractivity contribution in [2.45, 2.75) is 26.8 Å². The van der Waals surface area contributed by atoms with Crippen LogP contribution in [0.4, 0.5) is 0 Å². The lowest BCUT2D eigenvalue weighted by Crippen LogP contribution is -2.13. The fourth-order valence-corrected chi connectivity index (χ4v) is 2.35. The molecule has 6 heteroatoms. The fraction of sp³-hybridized carbons (Fsp3) is 0.417. The van der Waals surface area contributed by atoms with E-state index in [9.17, 15) is 4.79 Å². The van der Waals surface area contributed by atoms with E-state index in [1.165, 1.54) is 0 Å². The average molecular weight is 311 g/mol. The average Bonchev–Trinajstić information content (AvgIpc) is 2.87. The molecule has 2 aromatic rings. The maximum Gasteiger partial charge on any atom is 0.186 e. The molecule has 0 aromatic carbocycles. The monoisotopic (exact) mass is 310 g/mol. The molecular formula is C12H15BrN4O. The first-order valence-electron chi connectivity index (χ1n) is 5.77. The van der Waals surface area contributed by atoms with Crippen LogP contribution in [0.3, 0.4) is 0 Å². The number of aryl methyl sites for hydroxylation is 3. The van der Waals surface area contributed by atoms with Crippen molar-refractivity contribution in [3.05, 3.63) is 33.8 Å². The van der Waals surface area contributed by atoms with Gasteiger partial charge in [-0.25, -0.2) is 0 Å². The predicted molar refractivity (Wildman–Crippen MR) is 71.6 cm³/mol. The van der Waals surface area contributed by atoms with E-state index in [4.69, 9.17) is 0 Å². The maximum atomic E-state index is 12.2. The fourth-order valence-electron chi connectivity index (χ4n) is 1.93. The van der Waals surface area contributed by atoms with Gasteiger partial charge in [0.05, 0.1) is 22.3 Å². The van der Waals surface area contributed by atoms with Crippen molar-refractivity contribution in [2.75, 3.05) is 0 Å². The molecule has 0 amide bonds. The summed E-state index contributed by atoms with van der Waals surface area (Å²) < 4.78 is 4.36. The van der Waals surface area contributed by atoms with Gasteiger partial charge in [0.15, 0.2) is 5.78 Å². The van der Waals surface area contributed by atoms with Gasteiger partial charge in [0.1, 0.15) is 5.69 Å². The Hall–Kier alpha value is -1.43. The second-order valence-electron chi connectivity index (χ2n) is 4.10. The molecule has 0 saturated heterocycles. The number of ketones is 1. The smallest absolute Gasteiger partial charge is 0.186 e. The molecule has 96 valence electrons. The van der Waals surface area contributed by atoms with Gasteiger partial charge in [-0.2, -0.15) is 10.2 Å². The molecule has 2 heterocycles. The Morgan fingerprint density at radius 1 is 1.50 bits per heavy atom. The van der Waals surface area contributed by atoms with Crippen LogP contribution in [0.2, 0.25) is 0 Å². The Kier molecular flexibility index (Phi) is 3.65. The van der Waals surface area contributed by atoms with Crippen LogP contribution in [0, 0.1) is 6.92 Å². The van der Waals surface area contributed by atoms with Gasteiger partial charge >= 0.3 is 0 Å². The zero-order chi connectivity index (χ0) is 13.3. The molecule has 0 atom stereocenters. The first-order chi connectivity index (χ1) is 8.54. The third-order valence-electron chi connectivity index (χ3n) is 2.89. The van der Waals surface area contributed by atoms with E-state index in [0.717, 1.165) is 22.4 Å². The summed E-state index contributed by atoms with van der Waals surface area (Å²) in [6, 6.07) is 1.73. The summed E-state index contributed by atoms with van der Waals surface area (Å²) >= 11 is 3.49. The second kappa shape index (κ2) is 5.06. The van der Waals surface area contributed by atoms with E-state index < -0.39 is 0 Å². The van der Waals surface area contributed by atoms with Crippen LogP contribution in [-0.4, -0.2) is 25.3 Å². The molecule has 0 N–H and O–H groups in total. The minimum Gasteiger partial charge on any atom is -0.292 e. The molecule has 2 aromatic heterocycles. The third kappa shape index (κ3) is 2.25. The van der Waals surface area contributed by atoms with Gasteiger partial charge < -0.3 is 0 Å². The van der Waals surface area contributed by atoms with E-state index in [1.54, 1.807) is 24.0 Å². The van der Waals surface area contributed by atoms with Crippen molar-refractivity contribution in [1.82, 2.24) is 19.6 Å². The summed E-state index contributed by atoms with van der Waals surface area (Å²) in [5.74, 6) is 0.0466. The van der Waals surface area contributed by atoms with E-state index >= 15 is 0 Å². The number of carbonyl (C=O) groups excluding carboxylic acids is 1. The number of Topliss-reactive ketones (excluding diaryl/α,β-unsaturated/α-hetero) is 1. The molecule has 18 heavy (non-hydrogen) atoms.